The van der Waals surface area contributed by atoms with Crippen molar-refractivity contribution in [3.8, 4) is 0 Å². The maximum Gasteiger partial charge on any atom is 0.210 e. The van der Waals surface area contributed by atoms with Gasteiger partial charge in [-0.2, -0.15) is 0 Å². The molecule has 0 fully saturated rings. The largest absolute Gasteiger partial charge is 0.396 e. The molecule has 0 aromatic carbocycles. The highest BCUT2D eigenvalue weighted by Gasteiger charge is 2.06. The molecule has 0 amide bonds. The third-order valence-electron chi connectivity index (χ3n) is 1.93. The van der Waals surface area contributed by atoms with Gasteiger partial charge in [0.15, 0.2) is 0 Å². The van der Waals surface area contributed by atoms with Crippen molar-refractivity contribution in [2.75, 3.05) is 13.3 Å². The number of hydrogen-bond acceptors (Lipinski definition) is 3. The number of hydrogen-bond donors (Lipinski definition) is 3. The summed E-state index contributed by atoms with van der Waals surface area (Å²) in [5, 5.41) is 10.7. The van der Waals surface area contributed by atoms with Crippen molar-refractivity contribution >= 4 is 0 Å². The first-order valence-corrected chi connectivity index (χ1v) is 4.10. The summed E-state index contributed by atoms with van der Waals surface area (Å²) in [6.07, 6.45) is 3.10. The first-order chi connectivity index (χ1) is 5.84. The molecule has 0 saturated heterocycles. The molecule has 64 valence electrons. The topological polar surface area (TPSA) is 44.3 Å². The van der Waals surface area contributed by atoms with Crippen LogP contribution in [0.15, 0.2) is 11.4 Å². The van der Waals surface area contributed by atoms with Gasteiger partial charge in [-0.15, -0.1) is 0 Å². The van der Waals surface area contributed by atoms with Gasteiger partial charge in [-0.05, 0) is 26.2 Å². The number of aliphatic hydroxyl groups is 1. The Morgan fingerprint density at radius 3 is 3.09 bits per heavy atom. The quantitative estimate of drug-likeness (QED) is 0.511. The van der Waals surface area contributed by atoms with Crippen LogP contribution >= 0.6 is 0 Å². The van der Waals surface area contributed by atoms with Gasteiger partial charge in [0.05, 0.1) is 6.67 Å². The molecule has 1 aliphatic heterocycles. The normalized spacial score (nSPS) is 17.7. The highest BCUT2D eigenvalue weighted by Crippen LogP contribution is 2.10. The molecule has 3 nitrogen and oxygen atoms in total. The third-order valence-corrected chi connectivity index (χ3v) is 1.93. The monoisotopic (exact) mass is 158 g/mol. The standard InChI is InChI=1S/C8H16N2O/c1-7-8(10-6-9-7)4-2-3-5-11/h9-11H,2-6H2,1H3/i11T. The minimum absolute atomic E-state index is 0.541. The molecule has 1 heterocycles. The van der Waals surface area contributed by atoms with Crippen LogP contribution in [0.2, 0.25) is 0 Å². The lowest BCUT2D eigenvalue weighted by Crippen LogP contribution is -2.14. The van der Waals surface area contributed by atoms with Crippen molar-refractivity contribution in [2.45, 2.75) is 26.2 Å². The summed E-state index contributed by atoms with van der Waals surface area (Å²) >= 11 is 0. The van der Waals surface area contributed by atoms with Gasteiger partial charge >= 0.3 is 0 Å². The first kappa shape index (κ1) is 6.98. The van der Waals surface area contributed by atoms with E-state index in [1.807, 2.05) is 0 Å². The van der Waals surface area contributed by atoms with Crippen LogP contribution in [0.5, 0.6) is 0 Å². The van der Waals surface area contributed by atoms with Gasteiger partial charge in [-0.25, -0.2) is 0 Å². The lowest BCUT2D eigenvalue weighted by atomic mass is 10.2. The Kier molecular flexibility index (Phi) is 2.69. The molecule has 0 aliphatic carbocycles. The van der Waals surface area contributed by atoms with E-state index in [1.54, 1.807) is 0 Å². The van der Waals surface area contributed by atoms with E-state index in [9.17, 15) is 0 Å². The van der Waals surface area contributed by atoms with Crippen LogP contribution in [0.25, 0.3) is 0 Å². The molecular formula is C8H16N2O. The van der Waals surface area contributed by atoms with Gasteiger partial charge in [0.2, 0.25) is 1.43 Å². The average molecular weight is 158 g/mol. The van der Waals surface area contributed by atoms with E-state index in [1.165, 1.54) is 11.4 Å². The number of unbranched alkanes of at least 4 members (excludes halogenated alkanes) is 1. The maximum absolute atomic E-state index is 6.49. The third kappa shape index (κ3) is 2.42. The lowest BCUT2D eigenvalue weighted by Gasteiger charge is -2.01. The van der Waals surface area contributed by atoms with Crippen LogP contribution in [-0.4, -0.2) is 19.8 Å². The predicted molar refractivity (Wildman–Crippen MR) is 44.8 cm³/mol. The van der Waals surface area contributed by atoms with Crippen LogP contribution in [0.1, 0.15) is 26.2 Å². The molecular weight excluding hydrogens is 140 g/mol. The summed E-state index contributed by atoms with van der Waals surface area (Å²) in [6.45, 7) is 3.48. The van der Waals surface area contributed by atoms with Crippen molar-refractivity contribution in [3.63, 3.8) is 0 Å². The van der Waals surface area contributed by atoms with Gasteiger partial charge in [0.25, 0.3) is 0 Å². The van der Waals surface area contributed by atoms with E-state index in [0.29, 0.717) is 6.61 Å². The van der Waals surface area contributed by atoms with Crippen molar-refractivity contribution in [1.29, 1.82) is 1.43 Å². The minimum Gasteiger partial charge on any atom is -0.396 e. The number of aliphatic hydroxyl groups excluding tert-OH is 1. The fourth-order valence-electron chi connectivity index (χ4n) is 1.20. The Labute approximate surface area is 69.0 Å². The molecule has 0 radical (unpaired) electrons. The molecule has 1 aliphatic rings. The van der Waals surface area contributed by atoms with Crippen LogP contribution in [0.4, 0.5) is 0 Å². The van der Waals surface area contributed by atoms with E-state index in [2.05, 4.69) is 22.7 Å². The number of nitrogens with one attached hydrogen (secondary N) is 2. The van der Waals surface area contributed by atoms with Crippen molar-refractivity contribution in [3.05, 3.63) is 11.4 Å². The molecule has 3 N–H and O–H groups in total. The Morgan fingerprint density at radius 1 is 1.55 bits per heavy atom. The summed E-state index contributed by atoms with van der Waals surface area (Å²) in [7, 11) is 0. The zero-order valence-corrected chi connectivity index (χ0v) is 6.94. The fourth-order valence-corrected chi connectivity index (χ4v) is 1.20. The Morgan fingerprint density at radius 2 is 2.45 bits per heavy atom. The van der Waals surface area contributed by atoms with Gasteiger partial charge in [-0.1, -0.05) is 0 Å². The van der Waals surface area contributed by atoms with Crippen LogP contribution in [0.3, 0.4) is 0 Å². The lowest BCUT2D eigenvalue weighted by molar-refractivity contribution is 0.284. The summed E-state index contributed by atoms with van der Waals surface area (Å²) < 4.78 is 6.49. The summed E-state index contributed by atoms with van der Waals surface area (Å²) in [6, 6.07) is 0. The molecule has 1 rings (SSSR count). The molecule has 0 bridgehead atoms. The zero-order valence-electron chi connectivity index (χ0n) is 7.94. The molecule has 3 heteroatoms. The van der Waals surface area contributed by atoms with E-state index in [0.717, 1.165) is 25.9 Å². The highest BCUT2D eigenvalue weighted by molar-refractivity contribution is 5.12. The van der Waals surface area contributed by atoms with Crippen LogP contribution in [0, 0.1) is 0 Å². The van der Waals surface area contributed by atoms with E-state index in [-0.39, 0.29) is 0 Å². The molecule has 0 aromatic heterocycles. The molecule has 0 aromatic rings. The van der Waals surface area contributed by atoms with E-state index >= 15 is 0 Å². The van der Waals surface area contributed by atoms with Crippen molar-refractivity contribution in [1.82, 2.24) is 10.6 Å². The molecule has 11 heavy (non-hydrogen) atoms. The zero-order chi connectivity index (χ0) is 8.81. The Hall–Kier alpha value is -0.700. The second kappa shape index (κ2) is 4.23. The number of rotatable bonds is 5. The van der Waals surface area contributed by atoms with E-state index < -0.39 is 0 Å². The summed E-state index contributed by atoms with van der Waals surface area (Å²) in [4.78, 5) is 0. The summed E-state index contributed by atoms with van der Waals surface area (Å²) in [5.74, 6) is 0. The first-order valence-electron chi connectivity index (χ1n) is 4.51. The predicted octanol–water partition coefficient (Wildman–Crippen LogP) is 0.531. The van der Waals surface area contributed by atoms with Crippen LogP contribution in [-0.2, 0) is 0 Å². The minimum atomic E-state index is 0.541. The van der Waals surface area contributed by atoms with Gasteiger partial charge in [0.1, 0.15) is 0 Å². The molecule has 0 unspecified atom stereocenters. The second-order valence-electron chi connectivity index (χ2n) is 2.80. The smallest absolute Gasteiger partial charge is 0.210 e. The van der Waals surface area contributed by atoms with E-state index in [4.69, 9.17) is 1.43 Å². The average Bonchev–Trinajstić information content (AvgIpc) is 2.46. The maximum atomic E-state index is 6.49. The van der Waals surface area contributed by atoms with Crippen molar-refractivity contribution < 1.29 is 5.11 Å². The fraction of sp³-hybridized carbons (Fsp3) is 0.750. The highest BCUT2D eigenvalue weighted by atomic mass is 16.2. The van der Waals surface area contributed by atoms with Gasteiger partial charge in [-0.3, -0.25) is 0 Å². The molecule has 0 spiro atoms. The SMILES string of the molecule is [3H]OCCCCC1=C(C)NCN1. The Bertz CT molecular complexity index is 170. The molecule has 0 saturated carbocycles. The number of allylic oxidation sites excluding steroid dienone is 2. The van der Waals surface area contributed by atoms with Gasteiger partial charge < -0.3 is 15.7 Å². The molecule has 0 atom stereocenters. The second-order valence-corrected chi connectivity index (χ2v) is 2.80. The summed E-state index contributed by atoms with van der Waals surface area (Å²) in [5.41, 5.74) is 2.56. The Balaban J connectivity index is 2.10. The van der Waals surface area contributed by atoms with Crippen LogP contribution < -0.4 is 10.6 Å². The van der Waals surface area contributed by atoms with Crippen molar-refractivity contribution in [2.24, 2.45) is 0 Å². The van der Waals surface area contributed by atoms with Gasteiger partial charge in [0, 0.05) is 18.0 Å².